The van der Waals surface area contributed by atoms with Gasteiger partial charge in [-0.25, -0.2) is 19.5 Å². The van der Waals surface area contributed by atoms with Gasteiger partial charge in [-0.3, -0.25) is 4.79 Å². The summed E-state index contributed by atoms with van der Waals surface area (Å²) in [4.78, 5) is 25.2. The van der Waals surface area contributed by atoms with Crippen LogP contribution in [0.25, 0.3) is 21.6 Å². The van der Waals surface area contributed by atoms with Crippen LogP contribution in [-0.2, 0) is 0 Å². The van der Waals surface area contributed by atoms with E-state index in [1.54, 1.807) is 0 Å². The lowest BCUT2D eigenvalue weighted by Gasteiger charge is -2.24. The summed E-state index contributed by atoms with van der Waals surface area (Å²) >= 11 is 0. The second kappa shape index (κ2) is 6.08. The molecule has 0 aliphatic heterocycles. The number of aromatic nitrogens is 4. The first-order valence-corrected chi connectivity index (χ1v) is 6.03. The van der Waals surface area contributed by atoms with Crippen LogP contribution in [0.4, 0.5) is 14.6 Å². The quantitative estimate of drug-likeness (QED) is 0.384. The summed E-state index contributed by atoms with van der Waals surface area (Å²) in [7, 11) is 0. The molecule has 0 amide bonds. The van der Waals surface area contributed by atoms with Crippen molar-refractivity contribution in [2.24, 2.45) is 5.11 Å². The maximum atomic E-state index is 14.3. The van der Waals surface area contributed by atoms with E-state index in [1.165, 1.54) is 0 Å². The summed E-state index contributed by atoms with van der Waals surface area (Å²) in [5, 5.41) is 20.9. The Kier molecular flexibility index (Phi) is 4.36. The largest absolute Gasteiger partial charge is 0.394 e. The van der Waals surface area contributed by atoms with E-state index in [9.17, 15) is 18.7 Å². The van der Waals surface area contributed by atoms with Crippen LogP contribution in [0.1, 0.15) is 4.79 Å². The Labute approximate surface area is 126 Å². The lowest BCUT2D eigenvalue weighted by atomic mass is 10.0. The number of hydrogen-bond donors (Lipinski definition) is 3. The fourth-order valence-electron chi connectivity index (χ4n) is 1.84. The van der Waals surface area contributed by atoms with E-state index < -0.39 is 30.6 Å². The number of nitrogens with two attached hydrogens (primary N) is 1. The van der Waals surface area contributed by atoms with Gasteiger partial charge in [-0.15, -0.1) is 0 Å². The number of nitrogen functional groups attached to an aromatic ring is 1. The third-order valence-electron chi connectivity index (χ3n) is 2.96. The van der Waals surface area contributed by atoms with Crippen LogP contribution < -0.4 is 5.73 Å². The molecular formula is C10H10F2N8O3. The Balaban J connectivity index is 2.51. The van der Waals surface area contributed by atoms with Crippen molar-refractivity contribution >= 4 is 22.9 Å². The zero-order valence-electron chi connectivity index (χ0n) is 11.3. The number of fused-ring (bicyclic) bond motifs is 1. The van der Waals surface area contributed by atoms with Gasteiger partial charge in [-0.1, -0.05) is 5.11 Å². The first-order chi connectivity index (χ1) is 10.8. The number of aliphatic hydroxyl groups is 2. The van der Waals surface area contributed by atoms with Gasteiger partial charge in [0.05, 0.1) is 12.7 Å². The molecule has 0 saturated heterocycles. The van der Waals surface area contributed by atoms with Crippen LogP contribution in [0.3, 0.4) is 0 Å². The average Bonchev–Trinajstić information content (AvgIpc) is 2.96. The molecule has 23 heavy (non-hydrogen) atoms. The lowest BCUT2D eigenvalue weighted by molar-refractivity contribution is -0.0566. The van der Waals surface area contributed by atoms with Crippen LogP contribution in [0, 0.1) is 0 Å². The first kappa shape index (κ1) is 16.5. The van der Waals surface area contributed by atoms with E-state index in [0.717, 1.165) is 12.7 Å². The number of hydrogen-bond acceptors (Lipinski definition) is 8. The molecule has 0 unspecified atom stereocenters. The Bertz CT molecular complexity index is 788. The normalized spacial score (nSPS) is 14.3. The maximum Gasteiger partial charge on any atom is 0.336 e. The van der Waals surface area contributed by atoms with Gasteiger partial charge in [0.25, 0.3) is 0 Å². The smallest absolute Gasteiger partial charge is 0.336 e. The first-order valence-electron chi connectivity index (χ1n) is 6.03. The molecule has 0 fully saturated rings. The molecule has 0 spiro atoms. The van der Waals surface area contributed by atoms with E-state index >= 15 is 0 Å². The number of imidazole rings is 1. The van der Waals surface area contributed by atoms with Crippen molar-refractivity contribution in [1.29, 1.82) is 0 Å². The van der Waals surface area contributed by atoms with Crippen LogP contribution in [0.5, 0.6) is 0 Å². The molecule has 2 atom stereocenters. The molecule has 0 aliphatic carbocycles. The van der Waals surface area contributed by atoms with E-state index in [2.05, 4.69) is 25.0 Å². The molecule has 2 heterocycles. The highest BCUT2D eigenvalue weighted by Crippen LogP contribution is 2.28. The maximum absolute atomic E-state index is 14.3. The van der Waals surface area contributed by atoms with E-state index in [0.29, 0.717) is 4.57 Å². The summed E-state index contributed by atoms with van der Waals surface area (Å²) in [5.41, 5.74) is 13.5. The highest BCUT2D eigenvalue weighted by molar-refractivity contribution is 5.95. The van der Waals surface area contributed by atoms with Crippen molar-refractivity contribution in [2.75, 3.05) is 12.3 Å². The van der Waals surface area contributed by atoms with Crippen LogP contribution in [0.15, 0.2) is 17.8 Å². The van der Waals surface area contributed by atoms with Gasteiger partial charge < -0.3 is 15.9 Å². The van der Waals surface area contributed by atoms with Crippen molar-refractivity contribution in [2.45, 2.75) is 18.1 Å². The Morgan fingerprint density at radius 1 is 1.52 bits per heavy atom. The number of rotatable bonds is 5. The SMILES string of the molecule is [N-]=[N+]=N[C@H]([C@H](O)CO)C(F)(F)C(=O)n1cnc2c(N)ncnc21. The van der Waals surface area contributed by atoms with Gasteiger partial charge >= 0.3 is 11.8 Å². The standard InChI is InChI=1S/C10H10F2N8O3/c11-10(12,6(18-19-14)4(22)1-21)9(23)20-3-17-5-7(13)15-2-16-8(5)20/h2-4,6,21-22H,1H2,(H2,13,15,16)/t4-,6-/m1/s1. The summed E-state index contributed by atoms with van der Waals surface area (Å²) in [6.07, 6.45) is -0.432. The topological polar surface area (TPSA) is 176 Å². The Morgan fingerprint density at radius 3 is 2.83 bits per heavy atom. The van der Waals surface area contributed by atoms with E-state index in [4.69, 9.17) is 16.4 Å². The van der Waals surface area contributed by atoms with Gasteiger partial charge in [0, 0.05) is 4.91 Å². The molecule has 0 aromatic carbocycles. The predicted molar refractivity (Wildman–Crippen MR) is 71.3 cm³/mol. The lowest BCUT2D eigenvalue weighted by Crippen LogP contribution is -2.50. The second-order valence-corrected chi connectivity index (χ2v) is 4.37. The van der Waals surface area contributed by atoms with Crippen LogP contribution in [-0.4, -0.2) is 60.3 Å². The van der Waals surface area contributed by atoms with Crippen LogP contribution in [0.2, 0.25) is 0 Å². The zero-order valence-corrected chi connectivity index (χ0v) is 11.3. The monoisotopic (exact) mass is 328 g/mol. The molecule has 2 aromatic rings. The minimum Gasteiger partial charge on any atom is -0.394 e. The third kappa shape index (κ3) is 2.75. The van der Waals surface area contributed by atoms with Crippen molar-refractivity contribution in [3.63, 3.8) is 0 Å². The number of halogens is 2. The number of carbonyl (C=O) groups is 1. The molecule has 2 rings (SSSR count). The molecule has 0 bridgehead atoms. The van der Waals surface area contributed by atoms with Gasteiger partial charge in [0.1, 0.15) is 18.7 Å². The van der Waals surface area contributed by atoms with Crippen molar-refractivity contribution in [3.8, 4) is 0 Å². The number of aliphatic hydroxyl groups excluding tert-OH is 2. The fourth-order valence-corrected chi connectivity index (χ4v) is 1.84. The molecule has 2 aromatic heterocycles. The molecule has 0 aliphatic rings. The highest BCUT2D eigenvalue weighted by Gasteiger charge is 2.51. The van der Waals surface area contributed by atoms with Gasteiger partial charge in [-0.05, 0) is 5.53 Å². The molecule has 0 radical (unpaired) electrons. The third-order valence-corrected chi connectivity index (χ3v) is 2.96. The number of nitrogens with zero attached hydrogens (tertiary/aromatic N) is 7. The summed E-state index contributed by atoms with van der Waals surface area (Å²) in [6.45, 7) is -1.13. The van der Waals surface area contributed by atoms with Gasteiger partial charge in [0.15, 0.2) is 17.0 Å². The number of anilines is 1. The average molecular weight is 328 g/mol. The van der Waals surface area contributed by atoms with Crippen molar-refractivity contribution in [3.05, 3.63) is 23.1 Å². The van der Waals surface area contributed by atoms with Crippen molar-refractivity contribution < 1.29 is 23.8 Å². The zero-order chi connectivity index (χ0) is 17.2. The van der Waals surface area contributed by atoms with Crippen LogP contribution >= 0.6 is 0 Å². The minimum absolute atomic E-state index is 0.0697. The molecule has 0 saturated carbocycles. The predicted octanol–water partition coefficient (Wildman–Crippen LogP) is -0.284. The number of carbonyl (C=O) groups excluding carboxylic acids is 1. The molecular weight excluding hydrogens is 318 g/mol. The fraction of sp³-hybridized carbons (Fsp3) is 0.400. The second-order valence-electron chi connectivity index (χ2n) is 4.37. The minimum atomic E-state index is -4.33. The molecule has 11 nitrogen and oxygen atoms in total. The highest BCUT2D eigenvalue weighted by atomic mass is 19.3. The Morgan fingerprint density at radius 2 is 2.22 bits per heavy atom. The van der Waals surface area contributed by atoms with Gasteiger partial charge in [-0.2, -0.15) is 8.78 Å². The summed E-state index contributed by atoms with van der Waals surface area (Å²) < 4.78 is 29.0. The molecule has 4 N–H and O–H groups in total. The summed E-state index contributed by atoms with van der Waals surface area (Å²) in [6, 6.07) is -2.51. The molecule has 13 heteroatoms. The van der Waals surface area contributed by atoms with E-state index in [-0.39, 0.29) is 17.0 Å². The van der Waals surface area contributed by atoms with E-state index in [1.807, 2.05) is 0 Å². The molecule has 122 valence electrons. The van der Waals surface area contributed by atoms with Crippen molar-refractivity contribution in [1.82, 2.24) is 19.5 Å². The summed E-state index contributed by atoms with van der Waals surface area (Å²) in [5.74, 6) is -6.31. The van der Waals surface area contributed by atoms with Gasteiger partial charge in [0.2, 0.25) is 0 Å². The Hall–Kier alpha value is -2.89. The number of alkyl halides is 2. The number of azide groups is 1.